The van der Waals surface area contributed by atoms with Gasteiger partial charge < -0.3 is 4.90 Å². The van der Waals surface area contributed by atoms with Crippen LogP contribution in [0.1, 0.15) is 24.0 Å². The minimum Gasteiger partial charge on any atom is -0.369 e. The van der Waals surface area contributed by atoms with Gasteiger partial charge in [-0.3, -0.25) is 9.69 Å². The van der Waals surface area contributed by atoms with Crippen molar-refractivity contribution in [2.24, 2.45) is 0 Å². The molecule has 2 aromatic rings. The fourth-order valence-corrected chi connectivity index (χ4v) is 2.83. The smallest absolute Gasteiger partial charge is 0.249 e. The fourth-order valence-electron chi connectivity index (χ4n) is 2.83. The number of rotatable bonds is 5. The summed E-state index contributed by atoms with van der Waals surface area (Å²) in [6.45, 7) is 6.75. The number of carbonyl (C=O) groups is 1. The Morgan fingerprint density at radius 3 is 2.57 bits per heavy atom. The second-order valence-corrected chi connectivity index (χ2v) is 5.67. The zero-order valence-corrected chi connectivity index (χ0v) is 13.4. The molecule has 0 atom stereocenters. The zero-order valence-electron chi connectivity index (χ0n) is 13.4. The molecule has 0 spiro atoms. The largest absolute Gasteiger partial charge is 0.369 e. The van der Waals surface area contributed by atoms with Crippen molar-refractivity contribution in [2.75, 3.05) is 37.6 Å². The van der Waals surface area contributed by atoms with Gasteiger partial charge in [0.25, 0.3) is 0 Å². The van der Waals surface area contributed by atoms with Crippen molar-refractivity contribution in [3.8, 4) is 0 Å². The van der Waals surface area contributed by atoms with Crippen LogP contribution in [-0.4, -0.2) is 63.7 Å². The number of aromatic nitrogens is 4. The van der Waals surface area contributed by atoms with Gasteiger partial charge in [0.05, 0.1) is 0 Å². The molecule has 1 aromatic carbocycles. The van der Waals surface area contributed by atoms with E-state index >= 15 is 0 Å². The maximum atomic E-state index is 11.7. The number of para-hydroxylation sites is 1. The summed E-state index contributed by atoms with van der Waals surface area (Å²) < 4.78 is 1.33. The van der Waals surface area contributed by atoms with Crippen LogP contribution >= 0.6 is 0 Å². The molecule has 0 unspecified atom stereocenters. The summed E-state index contributed by atoms with van der Waals surface area (Å²) in [7, 11) is 0. The van der Waals surface area contributed by atoms with Crippen LogP contribution in [0, 0.1) is 0 Å². The quantitative estimate of drug-likeness (QED) is 0.770. The third kappa shape index (κ3) is 3.73. The zero-order chi connectivity index (χ0) is 16.1. The first kappa shape index (κ1) is 15.6. The fraction of sp³-hybridized carbons (Fsp3) is 0.500. The summed E-state index contributed by atoms with van der Waals surface area (Å²) in [5.41, 5.74) is 1.28. The molecule has 1 fully saturated rings. The minimum atomic E-state index is -0.0566. The molecular formula is C16H22N6O. The van der Waals surface area contributed by atoms with Gasteiger partial charge in [0.2, 0.25) is 5.91 Å². The van der Waals surface area contributed by atoms with E-state index in [1.165, 1.54) is 10.4 Å². The third-order valence-corrected chi connectivity index (χ3v) is 4.22. The van der Waals surface area contributed by atoms with Gasteiger partial charge in [-0.1, -0.05) is 25.1 Å². The lowest BCUT2D eigenvalue weighted by Crippen LogP contribution is -2.47. The molecule has 1 aliphatic heterocycles. The number of piperazine rings is 1. The van der Waals surface area contributed by atoms with Gasteiger partial charge in [0, 0.05) is 51.3 Å². The summed E-state index contributed by atoms with van der Waals surface area (Å²) in [4.78, 5) is 16.5. The Morgan fingerprint density at radius 2 is 1.87 bits per heavy atom. The number of hydrogen-bond donors (Lipinski definition) is 0. The number of benzene rings is 1. The first-order valence-corrected chi connectivity index (χ1v) is 8.10. The average Bonchev–Trinajstić information content (AvgIpc) is 3.09. The van der Waals surface area contributed by atoms with Gasteiger partial charge in [0.1, 0.15) is 0 Å². The molecule has 1 aliphatic rings. The molecular weight excluding hydrogens is 292 g/mol. The molecule has 7 heteroatoms. The van der Waals surface area contributed by atoms with Crippen LogP contribution in [0.2, 0.25) is 0 Å². The molecule has 0 bridgehead atoms. The van der Waals surface area contributed by atoms with E-state index in [0.29, 0.717) is 18.7 Å². The van der Waals surface area contributed by atoms with E-state index in [-0.39, 0.29) is 5.91 Å². The predicted molar refractivity (Wildman–Crippen MR) is 87.5 cm³/mol. The number of hydrogen-bond acceptors (Lipinski definition) is 6. The maximum Gasteiger partial charge on any atom is 0.249 e. The van der Waals surface area contributed by atoms with E-state index in [1.807, 2.05) is 13.0 Å². The van der Waals surface area contributed by atoms with Gasteiger partial charge >= 0.3 is 0 Å². The normalized spacial score (nSPS) is 15.8. The van der Waals surface area contributed by atoms with Crippen LogP contribution < -0.4 is 4.90 Å². The molecule has 2 heterocycles. The first-order valence-electron chi connectivity index (χ1n) is 8.10. The monoisotopic (exact) mass is 314 g/mol. The molecule has 1 aromatic heterocycles. The van der Waals surface area contributed by atoms with Crippen molar-refractivity contribution in [3.63, 3.8) is 0 Å². The second kappa shape index (κ2) is 7.32. The Morgan fingerprint density at radius 1 is 1.13 bits per heavy atom. The highest BCUT2D eigenvalue weighted by atomic mass is 16.2. The molecule has 122 valence electrons. The lowest BCUT2D eigenvalue weighted by Gasteiger charge is -2.36. The Kier molecular flexibility index (Phi) is 4.97. The number of tetrazole rings is 1. The Bertz CT molecular complexity index is 633. The van der Waals surface area contributed by atoms with E-state index in [9.17, 15) is 4.79 Å². The van der Waals surface area contributed by atoms with E-state index in [4.69, 9.17) is 0 Å². The lowest BCUT2D eigenvalue weighted by molar-refractivity contribution is 0.0886. The topological polar surface area (TPSA) is 67.2 Å². The SMILES string of the molecule is CCC(=O)n1nnnc1CCN1CCN(c2ccccc2)CC1. The highest BCUT2D eigenvalue weighted by Crippen LogP contribution is 2.15. The number of carbonyl (C=O) groups excluding carboxylic acids is 1. The van der Waals surface area contributed by atoms with Gasteiger partial charge in [-0.15, -0.1) is 5.10 Å². The average molecular weight is 314 g/mol. The van der Waals surface area contributed by atoms with Crippen molar-refractivity contribution in [1.82, 2.24) is 25.1 Å². The molecule has 0 N–H and O–H groups in total. The Balaban J connectivity index is 1.50. The highest BCUT2D eigenvalue weighted by molar-refractivity contribution is 5.77. The van der Waals surface area contributed by atoms with E-state index in [2.05, 4.69) is 49.6 Å². The lowest BCUT2D eigenvalue weighted by atomic mass is 10.2. The van der Waals surface area contributed by atoms with E-state index in [1.54, 1.807) is 0 Å². The molecule has 0 aliphatic carbocycles. The first-order chi connectivity index (χ1) is 11.3. The summed E-state index contributed by atoms with van der Waals surface area (Å²) in [5, 5.41) is 11.4. The van der Waals surface area contributed by atoms with Crippen LogP contribution in [0.25, 0.3) is 0 Å². The Labute approximate surface area is 135 Å². The van der Waals surface area contributed by atoms with Crippen LogP contribution in [0.5, 0.6) is 0 Å². The Hall–Kier alpha value is -2.28. The van der Waals surface area contributed by atoms with Crippen molar-refractivity contribution in [1.29, 1.82) is 0 Å². The molecule has 23 heavy (non-hydrogen) atoms. The number of anilines is 1. The maximum absolute atomic E-state index is 11.7. The summed E-state index contributed by atoms with van der Waals surface area (Å²) in [5.74, 6) is 0.598. The predicted octanol–water partition coefficient (Wildman–Crippen LogP) is 1.09. The minimum absolute atomic E-state index is 0.0566. The van der Waals surface area contributed by atoms with Gasteiger partial charge in [-0.2, -0.15) is 4.68 Å². The van der Waals surface area contributed by atoms with Crippen LogP contribution in [0.4, 0.5) is 5.69 Å². The van der Waals surface area contributed by atoms with Gasteiger partial charge in [-0.05, 0) is 22.6 Å². The van der Waals surface area contributed by atoms with Crippen LogP contribution in [-0.2, 0) is 6.42 Å². The summed E-state index contributed by atoms with van der Waals surface area (Å²) in [6, 6.07) is 10.5. The summed E-state index contributed by atoms with van der Waals surface area (Å²) in [6.07, 6.45) is 1.11. The molecule has 7 nitrogen and oxygen atoms in total. The van der Waals surface area contributed by atoms with Crippen LogP contribution in [0.15, 0.2) is 30.3 Å². The molecule has 0 radical (unpaired) electrons. The van der Waals surface area contributed by atoms with Crippen molar-refractivity contribution >= 4 is 11.6 Å². The van der Waals surface area contributed by atoms with Crippen molar-refractivity contribution < 1.29 is 4.79 Å². The highest BCUT2D eigenvalue weighted by Gasteiger charge is 2.18. The standard InChI is InChI=1S/C16H22N6O/c1-2-16(23)22-15(17-18-19-22)8-9-20-10-12-21(13-11-20)14-6-4-3-5-7-14/h3-7H,2,8-13H2,1H3. The van der Waals surface area contributed by atoms with Crippen molar-refractivity contribution in [3.05, 3.63) is 36.2 Å². The van der Waals surface area contributed by atoms with Crippen LogP contribution in [0.3, 0.4) is 0 Å². The van der Waals surface area contributed by atoms with Crippen molar-refractivity contribution in [2.45, 2.75) is 19.8 Å². The molecule has 0 amide bonds. The summed E-state index contributed by atoms with van der Waals surface area (Å²) >= 11 is 0. The second-order valence-electron chi connectivity index (χ2n) is 5.67. The van der Waals surface area contributed by atoms with Gasteiger partial charge in [-0.25, -0.2) is 0 Å². The molecule has 3 rings (SSSR count). The van der Waals surface area contributed by atoms with Gasteiger partial charge in [0.15, 0.2) is 5.82 Å². The van der Waals surface area contributed by atoms with E-state index in [0.717, 1.165) is 32.7 Å². The molecule has 0 saturated carbocycles. The number of nitrogens with zero attached hydrogens (tertiary/aromatic N) is 6. The van der Waals surface area contributed by atoms with E-state index < -0.39 is 0 Å². The third-order valence-electron chi connectivity index (χ3n) is 4.22. The molecule has 1 saturated heterocycles.